The van der Waals surface area contributed by atoms with Crippen LogP contribution in [0.2, 0.25) is 0 Å². The Morgan fingerprint density at radius 3 is 2.71 bits per heavy atom. The Kier molecular flexibility index (Phi) is 7.91. The molecule has 1 N–H and O–H groups in total. The number of benzene rings is 1. The number of aliphatic hydroxyl groups excluding tert-OH is 1. The van der Waals surface area contributed by atoms with Gasteiger partial charge in [0.05, 0.1) is 6.61 Å². The minimum absolute atomic E-state index is 0.215. The first-order valence-electron chi connectivity index (χ1n) is 8.64. The summed E-state index contributed by atoms with van der Waals surface area (Å²) in [6.07, 6.45) is 0.528. The van der Waals surface area contributed by atoms with Crippen molar-refractivity contribution in [1.29, 1.82) is 0 Å². The molecule has 2 atom stereocenters. The zero-order valence-corrected chi connectivity index (χ0v) is 14.7. The summed E-state index contributed by atoms with van der Waals surface area (Å²) < 4.78 is 23.5. The van der Waals surface area contributed by atoms with Crippen LogP contribution in [0, 0.1) is 5.82 Å². The molecular formula is C18H29FN2O3. The second-order valence-electron chi connectivity index (χ2n) is 6.27. The zero-order valence-electron chi connectivity index (χ0n) is 14.7. The van der Waals surface area contributed by atoms with Crippen LogP contribution < -0.4 is 4.74 Å². The molecule has 2 rings (SSSR count). The third kappa shape index (κ3) is 6.02. The van der Waals surface area contributed by atoms with Gasteiger partial charge in [-0.3, -0.25) is 9.80 Å². The Bertz CT molecular complexity index is 472. The van der Waals surface area contributed by atoms with E-state index in [9.17, 15) is 9.50 Å². The van der Waals surface area contributed by atoms with E-state index in [4.69, 9.17) is 9.47 Å². The molecule has 24 heavy (non-hydrogen) atoms. The predicted octanol–water partition coefficient (Wildman–Crippen LogP) is 1.61. The number of methoxy groups -OCH3 is 1. The first-order valence-corrected chi connectivity index (χ1v) is 8.64. The summed E-state index contributed by atoms with van der Waals surface area (Å²) in [5.74, 6) is 0.283. The van der Waals surface area contributed by atoms with Crippen molar-refractivity contribution in [2.75, 3.05) is 53.0 Å². The van der Waals surface area contributed by atoms with Crippen LogP contribution in [0.4, 0.5) is 4.39 Å². The molecular weight excluding hydrogens is 311 g/mol. The fourth-order valence-electron chi connectivity index (χ4n) is 3.09. The van der Waals surface area contributed by atoms with Gasteiger partial charge >= 0.3 is 0 Å². The first-order chi connectivity index (χ1) is 11.6. The van der Waals surface area contributed by atoms with Gasteiger partial charge in [-0.2, -0.15) is 0 Å². The largest absolute Gasteiger partial charge is 0.491 e. The summed E-state index contributed by atoms with van der Waals surface area (Å²) in [6.45, 7) is 7.60. The van der Waals surface area contributed by atoms with Gasteiger partial charge in [0, 0.05) is 45.9 Å². The summed E-state index contributed by atoms with van der Waals surface area (Å²) in [5.41, 5.74) is 0. The van der Waals surface area contributed by atoms with Gasteiger partial charge in [-0.25, -0.2) is 4.39 Å². The lowest BCUT2D eigenvalue weighted by Crippen LogP contribution is -2.55. The van der Waals surface area contributed by atoms with Crippen molar-refractivity contribution in [2.45, 2.75) is 25.5 Å². The van der Waals surface area contributed by atoms with E-state index in [1.165, 1.54) is 12.1 Å². The summed E-state index contributed by atoms with van der Waals surface area (Å²) in [6, 6.07) is 6.35. The molecule has 1 saturated heterocycles. The van der Waals surface area contributed by atoms with Gasteiger partial charge in [0.25, 0.3) is 0 Å². The van der Waals surface area contributed by atoms with Crippen molar-refractivity contribution in [3.8, 4) is 5.75 Å². The van der Waals surface area contributed by atoms with E-state index in [0.29, 0.717) is 18.3 Å². The number of aliphatic hydroxyl groups is 1. The van der Waals surface area contributed by atoms with Crippen molar-refractivity contribution in [3.05, 3.63) is 30.1 Å². The normalized spacial score (nSPS) is 20.9. The number of β-amino-alcohol motifs (C(OH)–C–C–N with tert-alkyl or cyclic N) is 1. The van der Waals surface area contributed by atoms with E-state index in [0.717, 1.165) is 39.2 Å². The van der Waals surface area contributed by atoms with Crippen molar-refractivity contribution < 1.29 is 19.0 Å². The highest BCUT2D eigenvalue weighted by atomic mass is 19.1. The fourth-order valence-corrected chi connectivity index (χ4v) is 3.09. The SMILES string of the molecule is CC[C@H]1CN(C[C@@H](O)COc2ccc(F)cc2)CCN1CCOC. The van der Waals surface area contributed by atoms with Crippen LogP contribution in [0.1, 0.15) is 13.3 Å². The maximum absolute atomic E-state index is 12.9. The number of rotatable bonds is 9. The van der Waals surface area contributed by atoms with Gasteiger partial charge in [-0.1, -0.05) is 6.92 Å². The number of piperazine rings is 1. The third-order valence-corrected chi connectivity index (χ3v) is 4.47. The van der Waals surface area contributed by atoms with Gasteiger partial charge in [0.2, 0.25) is 0 Å². The van der Waals surface area contributed by atoms with Crippen molar-refractivity contribution in [1.82, 2.24) is 9.80 Å². The second kappa shape index (κ2) is 9.93. The highest BCUT2D eigenvalue weighted by molar-refractivity contribution is 5.22. The van der Waals surface area contributed by atoms with E-state index in [-0.39, 0.29) is 12.4 Å². The molecule has 0 unspecified atom stereocenters. The Balaban J connectivity index is 1.73. The molecule has 0 aliphatic carbocycles. The molecule has 1 aliphatic heterocycles. The second-order valence-corrected chi connectivity index (χ2v) is 6.27. The number of nitrogens with zero attached hydrogens (tertiary/aromatic N) is 2. The molecule has 0 saturated carbocycles. The topological polar surface area (TPSA) is 45.2 Å². The lowest BCUT2D eigenvalue weighted by Gasteiger charge is -2.41. The molecule has 5 nitrogen and oxygen atoms in total. The average Bonchev–Trinajstić information content (AvgIpc) is 2.60. The molecule has 0 bridgehead atoms. The Morgan fingerprint density at radius 1 is 1.29 bits per heavy atom. The van der Waals surface area contributed by atoms with Gasteiger partial charge in [0.15, 0.2) is 0 Å². The Hall–Kier alpha value is -1.21. The van der Waals surface area contributed by atoms with Crippen LogP contribution in [0.3, 0.4) is 0 Å². The van der Waals surface area contributed by atoms with Crippen molar-refractivity contribution in [3.63, 3.8) is 0 Å². The van der Waals surface area contributed by atoms with Crippen LogP contribution in [-0.4, -0.2) is 80.1 Å². The van der Waals surface area contributed by atoms with Crippen LogP contribution in [-0.2, 0) is 4.74 Å². The summed E-state index contributed by atoms with van der Waals surface area (Å²) in [5, 5.41) is 10.2. The highest BCUT2D eigenvalue weighted by Gasteiger charge is 2.26. The molecule has 0 amide bonds. The maximum Gasteiger partial charge on any atom is 0.123 e. The summed E-state index contributed by atoms with van der Waals surface area (Å²) in [7, 11) is 1.73. The Morgan fingerprint density at radius 2 is 2.04 bits per heavy atom. The lowest BCUT2D eigenvalue weighted by molar-refractivity contribution is 0.0148. The molecule has 1 aromatic rings. The first kappa shape index (κ1) is 19.1. The van der Waals surface area contributed by atoms with Gasteiger partial charge in [-0.05, 0) is 30.7 Å². The van der Waals surface area contributed by atoms with Crippen LogP contribution in [0.25, 0.3) is 0 Å². The van der Waals surface area contributed by atoms with E-state index in [1.54, 1.807) is 19.2 Å². The van der Waals surface area contributed by atoms with Gasteiger partial charge < -0.3 is 14.6 Å². The van der Waals surface area contributed by atoms with Crippen LogP contribution in [0.15, 0.2) is 24.3 Å². The van der Waals surface area contributed by atoms with Gasteiger partial charge in [-0.15, -0.1) is 0 Å². The molecule has 1 heterocycles. The molecule has 1 fully saturated rings. The highest BCUT2D eigenvalue weighted by Crippen LogP contribution is 2.14. The Labute approximate surface area is 144 Å². The molecule has 6 heteroatoms. The molecule has 0 spiro atoms. The number of hydrogen-bond acceptors (Lipinski definition) is 5. The van der Waals surface area contributed by atoms with Crippen LogP contribution in [0.5, 0.6) is 5.75 Å². The average molecular weight is 340 g/mol. The van der Waals surface area contributed by atoms with E-state index in [2.05, 4.69) is 16.7 Å². The predicted molar refractivity (Wildman–Crippen MR) is 91.9 cm³/mol. The van der Waals surface area contributed by atoms with E-state index < -0.39 is 6.10 Å². The third-order valence-electron chi connectivity index (χ3n) is 4.47. The van der Waals surface area contributed by atoms with E-state index in [1.807, 2.05) is 0 Å². The number of halogens is 1. The minimum Gasteiger partial charge on any atom is -0.491 e. The standard InChI is InChI=1S/C18H29FN2O3/c1-3-16-12-20(8-9-21(16)10-11-23-2)13-17(22)14-24-18-6-4-15(19)5-7-18/h4-7,16-17,22H,3,8-14H2,1-2H3/t16-,17+/m0/s1. The molecule has 1 aromatic carbocycles. The molecule has 0 radical (unpaired) electrons. The number of ether oxygens (including phenoxy) is 2. The van der Waals surface area contributed by atoms with Crippen molar-refractivity contribution >= 4 is 0 Å². The molecule has 0 aromatic heterocycles. The monoisotopic (exact) mass is 340 g/mol. The van der Waals surface area contributed by atoms with Crippen LogP contribution >= 0.6 is 0 Å². The van der Waals surface area contributed by atoms with E-state index >= 15 is 0 Å². The molecule has 136 valence electrons. The lowest BCUT2D eigenvalue weighted by atomic mass is 10.1. The quantitative estimate of drug-likeness (QED) is 0.740. The summed E-state index contributed by atoms with van der Waals surface area (Å²) in [4.78, 5) is 4.75. The smallest absolute Gasteiger partial charge is 0.123 e. The molecule has 1 aliphatic rings. The van der Waals surface area contributed by atoms with Gasteiger partial charge in [0.1, 0.15) is 24.3 Å². The maximum atomic E-state index is 12.9. The van der Waals surface area contributed by atoms with Crippen molar-refractivity contribution in [2.24, 2.45) is 0 Å². The zero-order chi connectivity index (χ0) is 17.4. The summed E-state index contributed by atoms with van der Waals surface area (Å²) >= 11 is 0. The minimum atomic E-state index is -0.557. The number of hydrogen-bond donors (Lipinski definition) is 1. The fraction of sp³-hybridized carbons (Fsp3) is 0.667.